The van der Waals surface area contributed by atoms with Gasteiger partial charge in [-0.05, 0) is 31.0 Å². The zero-order chi connectivity index (χ0) is 12.9. The summed E-state index contributed by atoms with van der Waals surface area (Å²) >= 11 is 3.37. The Balaban J connectivity index is 2.50. The van der Waals surface area contributed by atoms with E-state index in [-0.39, 0.29) is 5.91 Å². The Bertz CT molecular complexity index is 374. The Morgan fingerprint density at radius 2 is 2.00 bits per heavy atom. The molecule has 0 aliphatic carbocycles. The molecule has 17 heavy (non-hydrogen) atoms. The molecule has 94 valence electrons. The molecule has 0 aliphatic rings. The third kappa shape index (κ3) is 4.48. The van der Waals surface area contributed by atoms with E-state index >= 15 is 0 Å². The van der Waals surface area contributed by atoms with Gasteiger partial charge in [-0.2, -0.15) is 0 Å². The van der Waals surface area contributed by atoms with Gasteiger partial charge in [0.15, 0.2) is 0 Å². The molecule has 0 aliphatic heterocycles. The van der Waals surface area contributed by atoms with E-state index in [1.807, 2.05) is 31.2 Å². The maximum absolute atomic E-state index is 11.8. The van der Waals surface area contributed by atoms with Gasteiger partial charge in [0.1, 0.15) is 0 Å². The first-order chi connectivity index (χ1) is 7.95. The number of benzene rings is 1. The molecule has 0 bridgehead atoms. The predicted octanol–water partition coefficient (Wildman–Crippen LogP) is 2.58. The molecular formula is C13H19BrN2O. The summed E-state index contributed by atoms with van der Waals surface area (Å²) in [5.74, 6) is -0.0951. The average molecular weight is 299 g/mol. The zero-order valence-corrected chi connectivity index (χ0v) is 11.9. The van der Waals surface area contributed by atoms with Gasteiger partial charge in [0, 0.05) is 11.0 Å². The van der Waals surface area contributed by atoms with Crippen molar-refractivity contribution in [2.45, 2.75) is 38.8 Å². The van der Waals surface area contributed by atoms with Crippen molar-refractivity contribution >= 4 is 21.8 Å². The van der Waals surface area contributed by atoms with Gasteiger partial charge < -0.3 is 11.1 Å². The lowest BCUT2D eigenvalue weighted by Gasteiger charge is -2.22. The highest BCUT2D eigenvalue weighted by Crippen LogP contribution is 2.11. The van der Waals surface area contributed by atoms with Crippen molar-refractivity contribution in [1.82, 2.24) is 5.32 Å². The van der Waals surface area contributed by atoms with E-state index in [0.717, 1.165) is 16.5 Å². The van der Waals surface area contributed by atoms with Gasteiger partial charge in [-0.1, -0.05) is 41.4 Å². The van der Waals surface area contributed by atoms with Crippen LogP contribution in [0.3, 0.4) is 0 Å². The molecule has 4 heteroatoms. The molecule has 1 atom stereocenters. The molecule has 0 saturated heterocycles. The Hall–Kier alpha value is -0.870. The lowest BCUT2D eigenvalue weighted by molar-refractivity contribution is -0.126. The van der Waals surface area contributed by atoms with Crippen LogP contribution in [0.4, 0.5) is 0 Å². The summed E-state index contributed by atoms with van der Waals surface area (Å²) in [5.41, 5.74) is 6.23. The van der Waals surface area contributed by atoms with E-state index in [4.69, 9.17) is 5.73 Å². The molecule has 3 nitrogen and oxygen atoms in total. The quantitative estimate of drug-likeness (QED) is 0.878. The summed E-state index contributed by atoms with van der Waals surface area (Å²) in [7, 11) is 0. The van der Waals surface area contributed by atoms with Gasteiger partial charge in [-0.25, -0.2) is 0 Å². The maximum Gasteiger partial charge on any atom is 0.240 e. The lowest BCUT2D eigenvalue weighted by Crippen LogP contribution is -2.51. The first-order valence-electron chi connectivity index (χ1n) is 5.77. The first kappa shape index (κ1) is 14.2. The fourth-order valence-electron chi connectivity index (χ4n) is 1.62. The largest absolute Gasteiger partial charge is 0.350 e. The number of nitrogens with one attached hydrogen (secondary N) is 1. The average Bonchev–Trinajstić information content (AvgIpc) is 2.27. The number of nitrogens with two attached hydrogens (primary N) is 1. The fraction of sp³-hybridized carbons (Fsp3) is 0.462. The van der Waals surface area contributed by atoms with E-state index < -0.39 is 5.54 Å². The van der Waals surface area contributed by atoms with E-state index in [1.165, 1.54) is 0 Å². The van der Waals surface area contributed by atoms with Crippen LogP contribution in [0.1, 0.15) is 32.3 Å². The van der Waals surface area contributed by atoms with Crippen molar-refractivity contribution in [3.05, 3.63) is 34.3 Å². The Labute approximate surface area is 111 Å². The highest BCUT2D eigenvalue weighted by Gasteiger charge is 2.26. The minimum atomic E-state index is -0.774. The molecule has 0 fully saturated rings. The number of carbonyl (C=O) groups is 1. The minimum Gasteiger partial charge on any atom is -0.350 e. The van der Waals surface area contributed by atoms with Crippen LogP contribution in [-0.2, 0) is 11.3 Å². The van der Waals surface area contributed by atoms with Gasteiger partial charge in [-0.3, -0.25) is 4.79 Å². The number of rotatable bonds is 5. The Morgan fingerprint density at radius 3 is 2.53 bits per heavy atom. The molecule has 0 radical (unpaired) electrons. The van der Waals surface area contributed by atoms with Crippen LogP contribution in [0.2, 0.25) is 0 Å². The van der Waals surface area contributed by atoms with Gasteiger partial charge in [0.05, 0.1) is 5.54 Å². The molecule has 1 aromatic carbocycles. The Morgan fingerprint density at radius 1 is 1.41 bits per heavy atom. The van der Waals surface area contributed by atoms with Crippen molar-refractivity contribution in [3.8, 4) is 0 Å². The second-order valence-corrected chi connectivity index (χ2v) is 5.39. The predicted molar refractivity (Wildman–Crippen MR) is 73.5 cm³/mol. The van der Waals surface area contributed by atoms with Crippen molar-refractivity contribution in [2.24, 2.45) is 5.73 Å². The molecule has 0 saturated carbocycles. The summed E-state index contributed by atoms with van der Waals surface area (Å²) in [5, 5.41) is 2.86. The van der Waals surface area contributed by atoms with E-state index in [9.17, 15) is 4.79 Å². The van der Waals surface area contributed by atoms with Crippen LogP contribution < -0.4 is 11.1 Å². The number of hydrogen-bond donors (Lipinski definition) is 2. The normalized spacial score (nSPS) is 14.1. The molecule has 3 N–H and O–H groups in total. The summed E-state index contributed by atoms with van der Waals surface area (Å²) in [6.07, 6.45) is 1.60. The van der Waals surface area contributed by atoms with Gasteiger partial charge in [0.25, 0.3) is 0 Å². The molecule has 0 spiro atoms. The summed E-state index contributed by atoms with van der Waals surface area (Å²) < 4.78 is 1.03. The van der Waals surface area contributed by atoms with Gasteiger partial charge in [0.2, 0.25) is 5.91 Å². The fourth-order valence-corrected chi connectivity index (χ4v) is 1.88. The van der Waals surface area contributed by atoms with Crippen molar-refractivity contribution in [2.75, 3.05) is 0 Å². The van der Waals surface area contributed by atoms with Crippen LogP contribution in [0.25, 0.3) is 0 Å². The standard InChI is InChI=1S/C13H19BrN2O/c1-3-8-13(2,15)12(17)16-9-10-4-6-11(14)7-5-10/h4-7H,3,8-9,15H2,1-2H3,(H,16,17). The third-order valence-electron chi connectivity index (χ3n) is 2.65. The van der Waals surface area contributed by atoms with Gasteiger partial charge >= 0.3 is 0 Å². The maximum atomic E-state index is 11.8. The number of amides is 1. The summed E-state index contributed by atoms with van der Waals surface area (Å²) in [6, 6.07) is 7.85. The van der Waals surface area contributed by atoms with Crippen LogP contribution in [0.5, 0.6) is 0 Å². The molecule has 1 amide bonds. The zero-order valence-electron chi connectivity index (χ0n) is 10.3. The smallest absolute Gasteiger partial charge is 0.240 e. The van der Waals surface area contributed by atoms with Crippen molar-refractivity contribution < 1.29 is 4.79 Å². The molecule has 1 rings (SSSR count). The van der Waals surface area contributed by atoms with E-state index in [1.54, 1.807) is 6.92 Å². The molecule has 0 aromatic heterocycles. The highest BCUT2D eigenvalue weighted by atomic mass is 79.9. The van der Waals surface area contributed by atoms with E-state index in [2.05, 4.69) is 21.2 Å². The van der Waals surface area contributed by atoms with Crippen LogP contribution in [0.15, 0.2) is 28.7 Å². The highest BCUT2D eigenvalue weighted by molar-refractivity contribution is 9.10. The second-order valence-electron chi connectivity index (χ2n) is 4.48. The molecule has 0 heterocycles. The number of hydrogen-bond acceptors (Lipinski definition) is 2. The molecular weight excluding hydrogens is 280 g/mol. The SMILES string of the molecule is CCCC(C)(N)C(=O)NCc1ccc(Br)cc1. The van der Waals surface area contributed by atoms with Crippen LogP contribution in [0, 0.1) is 0 Å². The lowest BCUT2D eigenvalue weighted by atomic mass is 9.96. The topological polar surface area (TPSA) is 55.1 Å². The first-order valence-corrected chi connectivity index (χ1v) is 6.56. The van der Waals surface area contributed by atoms with Crippen LogP contribution >= 0.6 is 15.9 Å². The van der Waals surface area contributed by atoms with Crippen molar-refractivity contribution in [1.29, 1.82) is 0 Å². The minimum absolute atomic E-state index is 0.0951. The monoisotopic (exact) mass is 298 g/mol. The summed E-state index contributed by atoms with van der Waals surface area (Å²) in [4.78, 5) is 11.8. The summed E-state index contributed by atoms with van der Waals surface area (Å²) in [6.45, 7) is 4.31. The molecule has 1 unspecified atom stereocenters. The second kappa shape index (κ2) is 6.17. The Kier molecular flexibility index (Phi) is 5.15. The number of halogens is 1. The van der Waals surface area contributed by atoms with E-state index in [0.29, 0.717) is 13.0 Å². The third-order valence-corrected chi connectivity index (χ3v) is 3.18. The van der Waals surface area contributed by atoms with Gasteiger partial charge in [-0.15, -0.1) is 0 Å². The van der Waals surface area contributed by atoms with Crippen molar-refractivity contribution in [3.63, 3.8) is 0 Å². The number of carbonyl (C=O) groups excluding carboxylic acids is 1. The van der Waals surface area contributed by atoms with Crippen LogP contribution in [-0.4, -0.2) is 11.4 Å². The molecule has 1 aromatic rings.